The van der Waals surface area contributed by atoms with Gasteiger partial charge in [0.1, 0.15) is 5.75 Å². The van der Waals surface area contributed by atoms with Gasteiger partial charge in [-0.15, -0.1) is 0 Å². The summed E-state index contributed by atoms with van der Waals surface area (Å²) in [4.78, 5) is 22.5. The summed E-state index contributed by atoms with van der Waals surface area (Å²) in [5, 5.41) is 11.3. The van der Waals surface area contributed by atoms with Crippen molar-refractivity contribution >= 4 is 21.7 Å². The van der Waals surface area contributed by atoms with Gasteiger partial charge < -0.3 is 10.4 Å². The molecule has 0 aliphatic heterocycles. The third-order valence-electron chi connectivity index (χ3n) is 2.95. The number of sulfone groups is 1. The monoisotopic (exact) mass is 299 g/mol. The van der Waals surface area contributed by atoms with Crippen molar-refractivity contribution in [1.29, 1.82) is 0 Å². The molecule has 0 fully saturated rings. The summed E-state index contributed by atoms with van der Waals surface area (Å²) in [6, 6.07) is 8.99. The van der Waals surface area contributed by atoms with E-state index in [1.54, 1.807) is 24.3 Å². The highest BCUT2D eigenvalue weighted by Crippen LogP contribution is 2.17. The summed E-state index contributed by atoms with van der Waals surface area (Å²) in [6.45, 7) is 2.33. The van der Waals surface area contributed by atoms with Crippen molar-refractivity contribution in [1.82, 2.24) is 5.32 Å². The smallest absolute Gasteiger partial charge is 0.324 e. The molecule has 0 aromatic heterocycles. The van der Waals surface area contributed by atoms with Crippen molar-refractivity contribution in [3.8, 4) is 0 Å². The summed E-state index contributed by atoms with van der Waals surface area (Å²) >= 11 is 0. The predicted molar refractivity (Wildman–Crippen MR) is 73.8 cm³/mol. The third-order valence-corrected chi connectivity index (χ3v) is 5.32. The fourth-order valence-electron chi connectivity index (χ4n) is 1.33. The van der Waals surface area contributed by atoms with Crippen LogP contribution in [0.2, 0.25) is 0 Å². The Bertz CT molecular complexity index is 592. The van der Waals surface area contributed by atoms with E-state index in [2.05, 4.69) is 5.32 Å². The summed E-state index contributed by atoms with van der Waals surface area (Å²) < 4.78 is 21.8. The molecule has 0 aliphatic rings. The van der Waals surface area contributed by atoms with E-state index in [9.17, 15) is 18.0 Å². The SMILES string of the molecule is CC(C)(C(=O)O)S(=O)(=O)CC(=O)NCc1ccccc1. The maximum Gasteiger partial charge on any atom is 0.324 e. The number of aliphatic carboxylic acids is 1. The van der Waals surface area contributed by atoms with Gasteiger partial charge in [0.2, 0.25) is 5.91 Å². The van der Waals surface area contributed by atoms with Crippen LogP contribution in [-0.4, -0.2) is 35.9 Å². The van der Waals surface area contributed by atoms with Gasteiger partial charge in [0.05, 0.1) is 0 Å². The van der Waals surface area contributed by atoms with Crippen molar-refractivity contribution in [3.63, 3.8) is 0 Å². The van der Waals surface area contributed by atoms with E-state index in [0.717, 1.165) is 19.4 Å². The Morgan fingerprint density at radius 1 is 1.20 bits per heavy atom. The topological polar surface area (TPSA) is 101 Å². The zero-order chi connectivity index (χ0) is 15.4. The van der Waals surface area contributed by atoms with Gasteiger partial charge in [-0.25, -0.2) is 8.42 Å². The van der Waals surface area contributed by atoms with Crippen molar-refractivity contribution in [2.75, 3.05) is 5.75 Å². The van der Waals surface area contributed by atoms with E-state index in [1.165, 1.54) is 0 Å². The van der Waals surface area contributed by atoms with Crippen molar-refractivity contribution in [2.24, 2.45) is 0 Å². The molecule has 6 nitrogen and oxygen atoms in total. The molecule has 2 N–H and O–H groups in total. The summed E-state index contributed by atoms with van der Waals surface area (Å²) in [5.74, 6) is -3.05. The largest absolute Gasteiger partial charge is 0.480 e. The van der Waals surface area contributed by atoms with Crippen LogP contribution < -0.4 is 5.32 Å². The number of carbonyl (C=O) groups is 2. The Morgan fingerprint density at radius 3 is 2.25 bits per heavy atom. The van der Waals surface area contributed by atoms with Gasteiger partial charge >= 0.3 is 5.97 Å². The Hall–Kier alpha value is -1.89. The molecule has 1 amide bonds. The standard InChI is InChI=1S/C13H17NO5S/c1-13(2,12(16)17)20(18,19)9-11(15)14-8-10-6-4-3-5-7-10/h3-7H,8-9H2,1-2H3,(H,14,15)(H,16,17). The molecule has 20 heavy (non-hydrogen) atoms. The first-order valence-corrected chi connectivity index (χ1v) is 7.58. The number of carbonyl (C=O) groups excluding carboxylic acids is 1. The molecule has 0 atom stereocenters. The fourth-order valence-corrected chi connectivity index (χ4v) is 2.41. The normalized spacial score (nSPS) is 11.9. The molecule has 1 aromatic rings. The first-order valence-electron chi connectivity index (χ1n) is 5.93. The van der Waals surface area contributed by atoms with Gasteiger partial charge in [-0.05, 0) is 19.4 Å². The average molecular weight is 299 g/mol. The van der Waals surface area contributed by atoms with Crippen LogP contribution in [0.25, 0.3) is 0 Å². The van der Waals surface area contributed by atoms with Crippen LogP contribution in [0.15, 0.2) is 30.3 Å². The van der Waals surface area contributed by atoms with Gasteiger partial charge in [-0.3, -0.25) is 9.59 Å². The zero-order valence-electron chi connectivity index (χ0n) is 11.3. The number of hydrogen-bond acceptors (Lipinski definition) is 4. The molecule has 110 valence electrons. The van der Waals surface area contributed by atoms with Crippen LogP contribution in [0.5, 0.6) is 0 Å². The van der Waals surface area contributed by atoms with Crippen molar-refractivity contribution in [3.05, 3.63) is 35.9 Å². The number of benzene rings is 1. The molecular weight excluding hydrogens is 282 g/mol. The average Bonchev–Trinajstić information content (AvgIpc) is 2.36. The minimum atomic E-state index is -4.07. The maximum absolute atomic E-state index is 11.9. The summed E-state index contributed by atoms with van der Waals surface area (Å²) in [5.41, 5.74) is 0.829. The van der Waals surface area contributed by atoms with E-state index in [1.807, 2.05) is 6.07 Å². The lowest BCUT2D eigenvalue weighted by Gasteiger charge is -2.19. The van der Waals surface area contributed by atoms with Crippen LogP contribution in [0, 0.1) is 0 Å². The maximum atomic E-state index is 11.9. The van der Waals surface area contributed by atoms with Gasteiger partial charge in [0.25, 0.3) is 0 Å². The van der Waals surface area contributed by atoms with E-state index in [0.29, 0.717) is 0 Å². The van der Waals surface area contributed by atoms with Gasteiger partial charge in [-0.1, -0.05) is 30.3 Å². The highest BCUT2D eigenvalue weighted by Gasteiger charge is 2.42. The Balaban J connectivity index is 2.65. The number of nitrogens with one attached hydrogen (secondary N) is 1. The van der Waals surface area contributed by atoms with Crippen LogP contribution >= 0.6 is 0 Å². The number of carboxylic acid groups (broad SMARTS) is 1. The molecular formula is C13H17NO5S. The highest BCUT2D eigenvalue weighted by atomic mass is 32.2. The second-order valence-electron chi connectivity index (χ2n) is 4.84. The van der Waals surface area contributed by atoms with E-state index in [4.69, 9.17) is 5.11 Å². The molecule has 0 heterocycles. The molecule has 0 spiro atoms. The molecule has 0 aliphatic carbocycles. The number of amides is 1. The minimum absolute atomic E-state index is 0.197. The van der Waals surface area contributed by atoms with Gasteiger partial charge in [-0.2, -0.15) is 0 Å². The lowest BCUT2D eigenvalue weighted by atomic mass is 10.2. The Labute approximate surface area is 117 Å². The molecule has 0 bridgehead atoms. The molecule has 0 radical (unpaired) electrons. The van der Waals surface area contributed by atoms with Crippen LogP contribution in [-0.2, 0) is 26.0 Å². The number of rotatable bonds is 6. The first-order chi connectivity index (χ1) is 9.17. The second kappa shape index (κ2) is 6.04. The first kappa shape index (κ1) is 16.2. The Morgan fingerprint density at radius 2 is 1.75 bits per heavy atom. The molecule has 1 rings (SSSR count). The lowest BCUT2D eigenvalue weighted by Crippen LogP contribution is -2.45. The molecule has 0 unspecified atom stereocenters. The third kappa shape index (κ3) is 3.80. The molecule has 1 aromatic carbocycles. The van der Waals surface area contributed by atoms with Crippen molar-refractivity contribution in [2.45, 2.75) is 25.1 Å². The van der Waals surface area contributed by atoms with Crippen molar-refractivity contribution < 1.29 is 23.1 Å². The zero-order valence-corrected chi connectivity index (χ0v) is 12.1. The van der Waals surface area contributed by atoms with Crippen LogP contribution in [0.1, 0.15) is 19.4 Å². The Kier molecular flexibility index (Phi) is 4.88. The van der Waals surface area contributed by atoms with E-state index in [-0.39, 0.29) is 6.54 Å². The van der Waals surface area contributed by atoms with E-state index >= 15 is 0 Å². The van der Waals surface area contributed by atoms with Gasteiger partial charge in [0.15, 0.2) is 14.6 Å². The molecule has 7 heteroatoms. The highest BCUT2D eigenvalue weighted by molar-refractivity contribution is 7.94. The molecule has 0 saturated carbocycles. The minimum Gasteiger partial charge on any atom is -0.480 e. The fraction of sp³-hybridized carbons (Fsp3) is 0.385. The number of carboxylic acids is 1. The van der Waals surface area contributed by atoms with Crippen LogP contribution in [0.4, 0.5) is 0 Å². The number of hydrogen-bond donors (Lipinski definition) is 2. The predicted octanol–water partition coefficient (Wildman–Crippen LogP) is 0.581. The van der Waals surface area contributed by atoms with Gasteiger partial charge in [0, 0.05) is 6.54 Å². The molecule has 0 saturated heterocycles. The van der Waals surface area contributed by atoms with E-state index < -0.39 is 32.2 Å². The lowest BCUT2D eigenvalue weighted by molar-refractivity contribution is -0.139. The summed E-state index contributed by atoms with van der Waals surface area (Å²) in [7, 11) is -4.07. The second-order valence-corrected chi connectivity index (χ2v) is 7.38. The summed E-state index contributed by atoms with van der Waals surface area (Å²) in [6.07, 6.45) is 0. The quantitative estimate of drug-likeness (QED) is 0.800. The van der Waals surface area contributed by atoms with Crippen LogP contribution in [0.3, 0.4) is 0 Å².